The summed E-state index contributed by atoms with van der Waals surface area (Å²) in [6, 6.07) is 18.9. The van der Waals surface area contributed by atoms with E-state index in [9.17, 15) is 14.9 Å². The van der Waals surface area contributed by atoms with Crippen molar-refractivity contribution in [1.82, 2.24) is 0 Å². The molecule has 0 bridgehead atoms. The number of carboxylic acids is 1. The number of Topliss-reactive ketones (excluding diaryl/α,β-unsaturated/α-hetero) is 1. The fraction of sp³-hybridized carbons (Fsp3) is 0.233. The van der Waals surface area contributed by atoms with Gasteiger partial charge in [0, 0.05) is 22.4 Å². The minimum absolute atomic E-state index is 0.118. The summed E-state index contributed by atoms with van der Waals surface area (Å²) in [6.07, 6.45) is 0.556. The van der Waals surface area contributed by atoms with Gasteiger partial charge in [0.2, 0.25) is 0 Å². The van der Waals surface area contributed by atoms with Crippen LogP contribution in [-0.2, 0) is 10.2 Å². The highest BCUT2D eigenvalue weighted by Crippen LogP contribution is 2.61. The van der Waals surface area contributed by atoms with Crippen molar-refractivity contribution in [3.8, 4) is 11.8 Å². The van der Waals surface area contributed by atoms with Gasteiger partial charge >= 0.3 is 5.97 Å². The van der Waals surface area contributed by atoms with Crippen LogP contribution in [0, 0.1) is 17.2 Å². The molecule has 2 atom stereocenters. The zero-order valence-corrected chi connectivity index (χ0v) is 23.4. The number of nitrogens with zero attached hydrogens (tertiary/aromatic N) is 1. The van der Waals surface area contributed by atoms with Crippen LogP contribution in [-0.4, -0.2) is 23.5 Å². The molecule has 0 spiro atoms. The van der Waals surface area contributed by atoms with E-state index in [1.165, 1.54) is 12.1 Å². The molecule has 2 unspecified atom stereocenters. The fourth-order valence-corrected chi connectivity index (χ4v) is 5.58. The Labute approximate surface area is 241 Å². The third kappa shape index (κ3) is 5.62. The van der Waals surface area contributed by atoms with E-state index in [4.69, 9.17) is 50.4 Å². The number of benzene rings is 3. The Morgan fingerprint density at radius 3 is 2.26 bits per heavy atom. The number of ketones is 1. The molecule has 0 saturated heterocycles. The fourth-order valence-electron chi connectivity index (χ4n) is 4.64. The first-order valence-electron chi connectivity index (χ1n) is 12.1. The quantitative estimate of drug-likeness (QED) is 0.256. The van der Waals surface area contributed by atoms with Crippen LogP contribution in [0.1, 0.15) is 53.2 Å². The minimum atomic E-state index is -1.01. The molecule has 0 amide bonds. The maximum atomic E-state index is 13.0. The zero-order valence-electron chi connectivity index (χ0n) is 21.2. The highest BCUT2D eigenvalue weighted by Gasteiger charge is 2.57. The second-order valence-corrected chi connectivity index (χ2v) is 10.9. The maximum absolute atomic E-state index is 13.0. The van der Waals surface area contributed by atoms with Gasteiger partial charge in [-0.15, -0.1) is 0 Å². The van der Waals surface area contributed by atoms with Crippen molar-refractivity contribution >= 4 is 52.3 Å². The summed E-state index contributed by atoms with van der Waals surface area (Å²) in [5, 5.41) is 20.2. The van der Waals surface area contributed by atoms with E-state index in [1.54, 1.807) is 62.4 Å². The first-order valence-corrected chi connectivity index (χ1v) is 13.3. The number of aromatic carboxylic acids is 1. The summed E-state index contributed by atoms with van der Waals surface area (Å²) < 4.78 is 5.94. The van der Waals surface area contributed by atoms with Gasteiger partial charge in [-0.25, -0.2) is 4.79 Å². The number of carbonyl (C=O) groups is 2. The van der Waals surface area contributed by atoms with Gasteiger partial charge in [-0.2, -0.15) is 5.26 Å². The van der Waals surface area contributed by atoms with Crippen LogP contribution in [0.15, 0.2) is 66.2 Å². The molecule has 1 saturated carbocycles. The topological polar surface area (TPSA) is 113 Å². The summed E-state index contributed by atoms with van der Waals surface area (Å²) in [7, 11) is 0. The first-order chi connectivity index (χ1) is 18.5. The second-order valence-electron chi connectivity index (χ2n) is 9.71. The van der Waals surface area contributed by atoms with E-state index < -0.39 is 11.4 Å². The summed E-state index contributed by atoms with van der Waals surface area (Å²) in [4.78, 5) is 24.2. The van der Waals surface area contributed by atoms with Gasteiger partial charge in [0.25, 0.3) is 0 Å². The van der Waals surface area contributed by atoms with Crippen LogP contribution in [0.4, 0.5) is 0 Å². The SMILES string of the molecule is CC(C)C(=O)C(COc1ccc(C2(C#N)CC2c2ccc(C(=O)O)cc2)c(Cl)c1)=C(N)c1c(Cl)cccc1Cl. The van der Waals surface area contributed by atoms with Crippen LogP contribution in [0.5, 0.6) is 5.75 Å². The highest BCUT2D eigenvalue weighted by molar-refractivity contribution is 6.37. The number of halogens is 3. The molecule has 0 heterocycles. The molecule has 1 aliphatic carbocycles. The molecule has 4 rings (SSSR count). The Bertz CT molecular complexity index is 1510. The molecule has 39 heavy (non-hydrogen) atoms. The van der Waals surface area contributed by atoms with Gasteiger partial charge in [0.05, 0.1) is 38.4 Å². The summed E-state index contributed by atoms with van der Waals surface area (Å²) in [5.74, 6) is -1.28. The van der Waals surface area contributed by atoms with Crippen LogP contribution < -0.4 is 10.5 Å². The second kappa shape index (κ2) is 11.3. The van der Waals surface area contributed by atoms with Gasteiger partial charge < -0.3 is 15.6 Å². The third-order valence-corrected chi connectivity index (χ3v) is 7.85. The highest BCUT2D eigenvalue weighted by atomic mass is 35.5. The van der Waals surface area contributed by atoms with Gasteiger partial charge in [-0.05, 0) is 53.9 Å². The zero-order chi connectivity index (χ0) is 28.5. The summed E-state index contributed by atoms with van der Waals surface area (Å²) in [5.41, 5.74) is 8.02. The molecular weight excluding hydrogens is 559 g/mol. The van der Waals surface area contributed by atoms with E-state index in [0.29, 0.717) is 38.4 Å². The van der Waals surface area contributed by atoms with Crippen LogP contribution in [0.2, 0.25) is 15.1 Å². The van der Waals surface area contributed by atoms with E-state index >= 15 is 0 Å². The smallest absolute Gasteiger partial charge is 0.335 e. The molecule has 3 N–H and O–H groups in total. The summed E-state index contributed by atoms with van der Waals surface area (Å²) in [6.45, 7) is 3.39. The molecule has 200 valence electrons. The van der Waals surface area contributed by atoms with E-state index in [2.05, 4.69) is 6.07 Å². The Hall–Kier alpha value is -3.50. The number of ether oxygens (including phenoxy) is 1. The summed E-state index contributed by atoms with van der Waals surface area (Å²) >= 11 is 19.3. The predicted molar refractivity (Wildman–Crippen MR) is 152 cm³/mol. The lowest BCUT2D eigenvalue weighted by atomic mass is 9.91. The largest absolute Gasteiger partial charge is 0.489 e. The monoisotopic (exact) mass is 582 g/mol. The van der Waals surface area contributed by atoms with E-state index in [0.717, 1.165) is 5.56 Å². The normalized spacial score (nSPS) is 18.7. The van der Waals surface area contributed by atoms with Crippen molar-refractivity contribution in [2.45, 2.75) is 31.6 Å². The lowest BCUT2D eigenvalue weighted by Crippen LogP contribution is -2.21. The van der Waals surface area contributed by atoms with Gasteiger partial charge in [0.15, 0.2) is 5.78 Å². The lowest BCUT2D eigenvalue weighted by Gasteiger charge is -2.17. The molecule has 3 aromatic carbocycles. The number of carboxylic acid groups (broad SMARTS) is 1. The lowest BCUT2D eigenvalue weighted by molar-refractivity contribution is -0.118. The molecule has 1 aliphatic rings. The number of hydrogen-bond acceptors (Lipinski definition) is 5. The average molecular weight is 584 g/mol. The first kappa shape index (κ1) is 28.5. The van der Waals surface area contributed by atoms with Crippen molar-refractivity contribution in [3.63, 3.8) is 0 Å². The van der Waals surface area contributed by atoms with Gasteiger partial charge in [0.1, 0.15) is 12.4 Å². The third-order valence-electron chi connectivity index (χ3n) is 6.90. The number of carbonyl (C=O) groups excluding carboxylic acids is 1. The van der Waals surface area contributed by atoms with Crippen LogP contribution >= 0.6 is 34.8 Å². The molecular formula is C30H25Cl3N2O4. The van der Waals surface area contributed by atoms with Gasteiger partial charge in [-0.1, -0.05) is 72.9 Å². The maximum Gasteiger partial charge on any atom is 0.335 e. The minimum Gasteiger partial charge on any atom is -0.489 e. The Balaban J connectivity index is 1.59. The molecule has 0 aliphatic heterocycles. The molecule has 9 heteroatoms. The molecule has 3 aromatic rings. The van der Waals surface area contributed by atoms with Crippen molar-refractivity contribution in [2.75, 3.05) is 6.61 Å². The Kier molecular flexibility index (Phi) is 8.27. The van der Waals surface area contributed by atoms with Gasteiger partial charge in [-0.3, -0.25) is 4.79 Å². The van der Waals surface area contributed by atoms with Crippen LogP contribution in [0.3, 0.4) is 0 Å². The van der Waals surface area contributed by atoms with E-state index in [-0.39, 0.29) is 41.1 Å². The standard InChI is InChI=1S/C30H25Cl3N2O4/c1-16(2)28(36)20(27(35)26-23(31)4-3-5-24(26)32)14-39-19-10-11-21(25(33)12-19)30(15-34)13-22(30)17-6-8-18(9-7-17)29(37)38/h3-12,16,22H,13-14,35H2,1-2H3,(H,37,38). The Morgan fingerprint density at radius 2 is 1.72 bits per heavy atom. The van der Waals surface area contributed by atoms with Crippen molar-refractivity contribution in [2.24, 2.45) is 11.7 Å². The number of nitrogens with two attached hydrogens (primary N) is 1. The number of hydrogen-bond donors (Lipinski definition) is 2. The molecule has 1 fully saturated rings. The number of nitriles is 1. The van der Waals surface area contributed by atoms with Crippen molar-refractivity contribution in [3.05, 3.63) is 104 Å². The number of rotatable bonds is 9. The molecule has 6 nitrogen and oxygen atoms in total. The average Bonchev–Trinajstić information content (AvgIpc) is 3.64. The molecule has 0 radical (unpaired) electrons. The van der Waals surface area contributed by atoms with Crippen molar-refractivity contribution in [1.29, 1.82) is 5.26 Å². The van der Waals surface area contributed by atoms with E-state index in [1.807, 2.05) is 0 Å². The van der Waals surface area contributed by atoms with Crippen LogP contribution in [0.25, 0.3) is 5.70 Å². The Morgan fingerprint density at radius 1 is 1.08 bits per heavy atom. The predicted octanol–water partition coefficient (Wildman–Crippen LogP) is 7.27. The van der Waals surface area contributed by atoms with Crippen molar-refractivity contribution < 1.29 is 19.4 Å². The molecule has 0 aromatic heterocycles.